The van der Waals surface area contributed by atoms with Crippen LogP contribution in [-0.2, 0) is 13.0 Å². The number of aryl methyl sites for hydroxylation is 1. The standard InChI is InChI=1S/C15H25N3S/c1-2-13-9-10-14(19-13)11-17-15(16)18-12-7-5-3-4-6-8-12/h9-10,12H,2-8,11H2,1H3,(H3,16,17,18). The quantitative estimate of drug-likeness (QED) is 0.504. The lowest BCUT2D eigenvalue weighted by Gasteiger charge is -2.16. The highest BCUT2D eigenvalue weighted by Crippen LogP contribution is 2.18. The highest BCUT2D eigenvalue weighted by atomic mass is 32.1. The minimum absolute atomic E-state index is 0.529. The molecule has 1 heterocycles. The van der Waals surface area contributed by atoms with Crippen molar-refractivity contribution in [3.8, 4) is 0 Å². The molecule has 1 aliphatic carbocycles. The van der Waals surface area contributed by atoms with Gasteiger partial charge in [-0.1, -0.05) is 32.6 Å². The van der Waals surface area contributed by atoms with Crippen LogP contribution in [0.2, 0.25) is 0 Å². The Morgan fingerprint density at radius 1 is 1.26 bits per heavy atom. The van der Waals surface area contributed by atoms with Crippen LogP contribution in [-0.4, -0.2) is 12.0 Å². The molecule has 1 aliphatic rings. The van der Waals surface area contributed by atoms with E-state index in [4.69, 9.17) is 5.73 Å². The molecule has 106 valence electrons. The third kappa shape index (κ3) is 4.86. The molecule has 0 spiro atoms. The van der Waals surface area contributed by atoms with Crippen LogP contribution in [0.4, 0.5) is 0 Å². The predicted molar refractivity (Wildman–Crippen MR) is 83.6 cm³/mol. The number of thiophene rings is 1. The van der Waals surface area contributed by atoms with E-state index >= 15 is 0 Å². The second-order valence-electron chi connectivity index (χ2n) is 5.26. The van der Waals surface area contributed by atoms with Crippen molar-refractivity contribution in [2.45, 2.75) is 64.5 Å². The van der Waals surface area contributed by atoms with Crippen molar-refractivity contribution in [1.82, 2.24) is 5.32 Å². The monoisotopic (exact) mass is 279 g/mol. The first kappa shape index (κ1) is 14.4. The van der Waals surface area contributed by atoms with Crippen molar-refractivity contribution < 1.29 is 0 Å². The topological polar surface area (TPSA) is 50.4 Å². The van der Waals surface area contributed by atoms with Gasteiger partial charge >= 0.3 is 0 Å². The largest absolute Gasteiger partial charge is 0.370 e. The maximum absolute atomic E-state index is 5.99. The lowest BCUT2D eigenvalue weighted by atomic mass is 10.1. The van der Waals surface area contributed by atoms with Crippen LogP contribution in [0.3, 0.4) is 0 Å². The van der Waals surface area contributed by atoms with Gasteiger partial charge in [-0.2, -0.15) is 0 Å². The van der Waals surface area contributed by atoms with Crippen molar-refractivity contribution in [3.05, 3.63) is 21.9 Å². The first-order valence-corrected chi connectivity index (χ1v) is 8.23. The molecule has 1 saturated carbocycles. The first-order chi connectivity index (χ1) is 9.28. The van der Waals surface area contributed by atoms with Crippen molar-refractivity contribution in [2.75, 3.05) is 0 Å². The first-order valence-electron chi connectivity index (χ1n) is 7.42. The highest BCUT2D eigenvalue weighted by molar-refractivity contribution is 7.11. The Kier molecular flexibility index (Phi) is 5.70. The van der Waals surface area contributed by atoms with Crippen molar-refractivity contribution in [2.24, 2.45) is 10.7 Å². The number of nitrogens with two attached hydrogens (primary N) is 1. The Labute approximate surface area is 120 Å². The number of guanidine groups is 1. The lowest BCUT2D eigenvalue weighted by molar-refractivity contribution is 0.530. The Balaban J connectivity index is 1.81. The third-order valence-corrected chi connectivity index (χ3v) is 4.89. The predicted octanol–water partition coefficient (Wildman–Crippen LogP) is 3.44. The van der Waals surface area contributed by atoms with Crippen LogP contribution in [0.25, 0.3) is 0 Å². The Morgan fingerprint density at radius 2 is 1.95 bits per heavy atom. The number of nitrogens with zero attached hydrogens (tertiary/aromatic N) is 1. The maximum Gasteiger partial charge on any atom is 0.189 e. The number of hydrogen-bond donors (Lipinski definition) is 2. The average molecular weight is 279 g/mol. The van der Waals surface area contributed by atoms with Crippen LogP contribution >= 0.6 is 11.3 Å². The van der Waals surface area contributed by atoms with Crippen LogP contribution in [0.5, 0.6) is 0 Å². The van der Waals surface area contributed by atoms with E-state index < -0.39 is 0 Å². The van der Waals surface area contributed by atoms with Gasteiger partial charge in [-0.3, -0.25) is 0 Å². The zero-order chi connectivity index (χ0) is 13.5. The molecule has 0 amide bonds. The summed E-state index contributed by atoms with van der Waals surface area (Å²) in [5, 5.41) is 3.38. The molecule has 0 aromatic carbocycles. The molecule has 0 atom stereocenters. The molecule has 3 N–H and O–H groups in total. The summed E-state index contributed by atoms with van der Waals surface area (Å²) in [6, 6.07) is 4.87. The molecule has 0 aliphatic heterocycles. The van der Waals surface area contributed by atoms with Crippen molar-refractivity contribution >= 4 is 17.3 Å². The molecular weight excluding hydrogens is 254 g/mol. The van der Waals surface area contributed by atoms with Gasteiger partial charge in [-0.05, 0) is 31.4 Å². The third-order valence-electron chi connectivity index (χ3n) is 3.68. The molecule has 19 heavy (non-hydrogen) atoms. The van der Waals surface area contributed by atoms with Crippen LogP contribution in [0.1, 0.15) is 55.2 Å². The molecule has 4 heteroatoms. The maximum atomic E-state index is 5.99. The summed E-state index contributed by atoms with van der Waals surface area (Å²) in [6.07, 6.45) is 8.93. The lowest BCUT2D eigenvalue weighted by Crippen LogP contribution is -2.39. The van der Waals surface area contributed by atoms with E-state index in [0.29, 0.717) is 18.5 Å². The summed E-state index contributed by atoms with van der Waals surface area (Å²) in [5.41, 5.74) is 5.99. The van der Waals surface area contributed by atoms with Gasteiger partial charge in [-0.15, -0.1) is 11.3 Å². The zero-order valence-electron chi connectivity index (χ0n) is 11.8. The molecule has 1 aromatic heterocycles. The molecule has 0 saturated heterocycles. The Hall–Kier alpha value is -1.03. The van der Waals surface area contributed by atoms with Crippen molar-refractivity contribution in [1.29, 1.82) is 0 Å². The number of hydrogen-bond acceptors (Lipinski definition) is 2. The van der Waals surface area contributed by atoms with Gasteiger partial charge in [0.25, 0.3) is 0 Å². The molecule has 1 fully saturated rings. The fourth-order valence-corrected chi connectivity index (χ4v) is 3.42. The van der Waals surface area contributed by atoms with Gasteiger partial charge in [0.15, 0.2) is 5.96 Å². The number of aliphatic imine (C=N–C) groups is 1. The minimum atomic E-state index is 0.529. The van der Waals surface area contributed by atoms with E-state index in [1.165, 1.54) is 48.3 Å². The van der Waals surface area contributed by atoms with Gasteiger partial charge < -0.3 is 11.1 Å². The van der Waals surface area contributed by atoms with E-state index in [9.17, 15) is 0 Å². The molecule has 1 aromatic rings. The summed E-state index contributed by atoms with van der Waals surface area (Å²) in [5.74, 6) is 0.610. The van der Waals surface area contributed by atoms with E-state index in [2.05, 4.69) is 29.4 Å². The summed E-state index contributed by atoms with van der Waals surface area (Å²) in [4.78, 5) is 7.17. The molecule has 2 rings (SSSR count). The van der Waals surface area contributed by atoms with Crippen LogP contribution in [0, 0.1) is 0 Å². The van der Waals surface area contributed by atoms with Crippen molar-refractivity contribution in [3.63, 3.8) is 0 Å². The second kappa shape index (κ2) is 7.53. The SMILES string of the molecule is CCc1ccc(CN=C(N)NC2CCCCCC2)s1. The smallest absolute Gasteiger partial charge is 0.189 e. The molecule has 3 nitrogen and oxygen atoms in total. The number of nitrogens with one attached hydrogen (secondary N) is 1. The summed E-state index contributed by atoms with van der Waals surface area (Å²) in [6.45, 7) is 2.89. The summed E-state index contributed by atoms with van der Waals surface area (Å²) >= 11 is 1.83. The Bertz CT molecular complexity index is 403. The van der Waals surface area contributed by atoms with Gasteiger partial charge in [0.2, 0.25) is 0 Å². The fourth-order valence-electron chi connectivity index (χ4n) is 2.54. The molecule has 0 radical (unpaired) electrons. The van der Waals surface area contributed by atoms with Gasteiger partial charge in [0, 0.05) is 15.8 Å². The highest BCUT2D eigenvalue weighted by Gasteiger charge is 2.12. The minimum Gasteiger partial charge on any atom is -0.370 e. The molecular formula is C15H25N3S. The van der Waals surface area contributed by atoms with E-state index in [1.54, 1.807) is 0 Å². The van der Waals surface area contributed by atoms with Crippen LogP contribution < -0.4 is 11.1 Å². The summed E-state index contributed by atoms with van der Waals surface area (Å²) < 4.78 is 0. The van der Waals surface area contributed by atoms with Gasteiger partial charge in [0.1, 0.15) is 0 Å². The molecule has 0 bridgehead atoms. The van der Waals surface area contributed by atoms with E-state index in [1.807, 2.05) is 11.3 Å². The van der Waals surface area contributed by atoms with Gasteiger partial charge in [0.05, 0.1) is 6.54 Å². The van der Waals surface area contributed by atoms with Crippen LogP contribution in [0.15, 0.2) is 17.1 Å². The molecule has 0 unspecified atom stereocenters. The summed E-state index contributed by atoms with van der Waals surface area (Å²) in [7, 11) is 0. The fraction of sp³-hybridized carbons (Fsp3) is 0.667. The number of rotatable bonds is 4. The normalized spacial score (nSPS) is 18.3. The van der Waals surface area contributed by atoms with E-state index in [0.717, 1.165) is 6.42 Å². The van der Waals surface area contributed by atoms with Gasteiger partial charge in [-0.25, -0.2) is 4.99 Å². The average Bonchev–Trinajstić information content (AvgIpc) is 2.73. The second-order valence-corrected chi connectivity index (χ2v) is 6.51. The Morgan fingerprint density at radius 3 is 2.58 bits per heavy atom. The van der Waals surface area contributed by atoms with E-state index in [-0.39, 0.29) is 0 Å². The zero-order valence-corrected chi connectivity index (χ0v) is 12.6.